The number of carbonyl (C=O) groups is 1. The first kappa shape index (κ1) is 14.4. The molecular formula is C18H19NO3. The molecule has 0 radical (unpaired) electrons. The number of carbonyl (C=O) groups excluding carboxylic acids is 1. The molecule has 0 fully saturated rings. The fourth-order valence-electron chi connectivity index (χ4n) is 2.53. The highest BCUT2D eigenvalue weighted by Gasteiger charge is 2.14. The van der Waals surface area contributed by atoms with E-state index in [0.717, 1.165) is 33.8 Å². The van der Waals surface area contributed by atoms with E-state index in [1.807, 2.05) is 44.2 Å². The molecule has 0 saturated heterocycles. The zero-order valence-corrected chi connectivity index (χ0v) is 13.0. The van der Waals surface area contributed by atoms with Crippen LogP contribution in [0.25, 0.3) is 0 Å². The van der Waals surface area contributed by atoms with E-state index in [1.165, 1.54) is 5.56 Å². The van der Waals surface area contributed by atoms with Crippen LogP contribution >= 0.6 is 0 Å². The van der Waals surface area contributed by atoms with Crippen molar-refractivity contribution in [1.82, 2.24) is 5.32 Å². The van der Waals surface area contributed by atoms with Gasteiger partial charge in [-0.2, -0.15) is 0 Å². The van der Waals surface area contributed by atoms with Crippen LogP contribution in [0, 0.1) is 20.8 Å². The van der Waals surface area contributed by atoms with Crippen molar-refractivity contribution in [2.75, 3.05) is 6.79 Å². The van der Waals surface area contributed by atoms with Gasteiger partial charge in [-0.15, -0.1) is 0 Å². The summed E-state index contributed by atoms with van der Waals surface area (Å²) >= 11 is 0. The minimum atomic E-state index is -0.0572. The molecule has 3 rings (SSSR count). The summed E-state index contributed by atoms with van der Waals surface area (Å²) in [6.07, 6.45) is 0. The second-order valence-electron chi connectivity index (χ2n) is 5.62. The van der Waals surface area contributed by atoms with Crippen molar-refractivity contribution in [3.8, 4) is 11.5 Å². The number of nitrogens with one attached hydrogen (secondary N) is 1. The van der Waals surface area contributed by atoms with Gasteiger partial charge in [0, 0.05) is 12.1 Å². The van der Waals surface area contributed by atoms with Gasteiger partial charge < -0.3 is 14.8 Å². The molecule has 4 nitrogen and oxygen atoms in total. The van der Waals surface area contributed by atoms with E-state index in [1.54, 1.807) is 0 Å². The summed E-state index contributed by atoms with van der Waals surface area (Å²) in [6, 6.07) is 9.69. The standard InChI is InChI=1S/C18H19NO3/c1-11-6-13(3)15(7-12(11)2)18(20)19-9-14-4-5-16-17(8-14)22-10-21-16/h4-8H,9-10H2,1-3H3,(H,19,20). The molecule has 2 aromatic carbocycles. The first-order valence-corrected chi connectivity index (χ1v) is 7.29. The lowest BCUT2D eigenvalue weighted by Crippen LogP contribution is -2.23. The Labute approximate surface area is 130 Å². The summed E-state index contributed by atoms with van der Waals surface area (Å²) in [5.41, 5.74) is 5.03. The Morgan fingerprint density at radius 3 is 2.55 bits per heavy atom. The topological polar surface area (TPSA) is 47.6 Å². The van der Waals surface area contributed by atoms with E-state index in [4.69, 9.17) is 9.47 Å². The summed E-state index contributed by atoms with van der Waals surface area (Å²) < 4.78 is 10.6. The van der Waals surface area contributed by atoms with Gasteiger partial charge in [0.1, 0.15) is 0 Å². The first-order chi connectivity index (χ1) is 10.5. The van der Waals surface area contributed by atoms with Crippen molar-refractivity contribution >= 4 is 5.91 Å². The lowest BCUT2D eigenvalue weighted by Gasteiger charge is -2.11. The zero-order valence-electron chi connectivity index (χ0n) is 13.0. The minimum Gasteiger partial charge on any atom is -0.454 e. The van der Waals surface area contributed by atoms with Crippen molar-refractivity contribution in [1.29, 1.82) is 0 Å². The maximum atomic E-state index is 12.4. The Bertz CT molecular complexity index is 737. The summed E-state index contributed by atoms with van der Waals surface area (Å²) in [5.74, 6) is 1.42. The lowest BCUT2D eigenvalue weighted by atomic mass is 10.0. The van der Waals surface area contributed by atoms with Crippen LogP contribution in [0.15, 0.2) is 30.3 Å². The molecule has 1 aliphatic rings. The Morgan fingerprint density at radius 2 is 1.73 bits per heavy atom. The molecule has 114 valence electrons. The Morgan fingerprint density at radius 1 is 1.00 bits per heavy atom. The molecule has 1 amide bonds. The molecule has 0 saturated carbocycles. The van der Waals surface area contributed by atoms with E-state index in [9.17, 15) is 4.79 Å². The van der Waals surface area contributed by atoms with Crippen LogP contribution in [0.1, 0.15) is 32.6 Å². The summed E-state index contributed by atoms with van der Waals surface area (Å²) in [7, 11) is 0. The third kappa shape index (κ3) is 2.77. The molecule has 0 aromatic heterocycles. The predicted octanol–water partition coefficient (Wildman–Crippen LogP) is 3.27. The van der Waals surface area contributed by atoms with E-state index >= 15 is 0 Å². The largest absolute Gasteiger partial charge is 0.454 e. The molecule has 4 heteroatoms. The van der Waals surface area contributed by atoms with Crippen molar-refractivity contribution < 1.29 is 14.3 Å². The summed E-state index contributed by atoms with van der Waals surface area (Å²) in [6.45, 7) is 6.75. The summed E-state index contributed by atoms with van der Waals surface area (Å²) in [5, 5.41) is 2.96. The van der Waals surface area contributed by atoms with Crippen LogP contribution in [0.3, 0.4) is 0 Å². The molecule has 1 N–H and O–H groups in total. The third-order valence-corrected chi connectivity index (χ3v) is 3.98. The second kappa shape index (κ2) is 5.72. The maximum absolute atomic E-state index is 12.4. The van der Waals surface area contributed by atoms with Gasteiger partial charge in [0.25, 0.3) is 5.91 Å². The molecular weight excluding hydrogens is 278 g/mol. The van der Waals surface area contributed by atoms with Crippen molar-refractivity contribution in [3.05, 3.63) is 58.1 Å². The van der Waals surface area contributed by atoms with Gasteiger partial charge >= 0.3 is 0 Å². The minimum absolute atomic E-state index is 0.0572. The molecule has 0 atom stereocenters. The molecule has 0 unspecified atom stereocenters. The molecule has 2 aromatic rings. The van der Waals surface area contributed by atoms with Gasteiger partial charge in [-0.25, -0.2) is 0 Å². The van der Waals surface area contributed by atoms with Crippen LogP contribution in [0.2, 0.25) is 0 Å². The molecule has 1 aliphatic heterocycles. The number of hydrogen-bond donors (Lipinski definition) is 1. The molecule has 0 spiro atoms. The molecule has 1 heterocycles. The van der Waals surface area contributed by atoms with E-state index in [-0.39, 0.29) is 12.7 Å². The van der Waals surface area contributed by atoms with Gasteiger partial charge in [0.05, 0.1) is 0 Å². The predicted molar refractivity (Wildman–Crippen MR) is 84.4 cm³/mol. The van der Waals surface area contributed by atoms with Crippen LogP contribution in [0.4, 0.5) is 0 Å². The van der Waals surface area contributed by atoms with Gasteiger partial charge in [0.2, 0.25) is 6.79 Å². The highest BCUT2D eigenvalue weighted by molar-refractivity contribution is 5.95. The number of benzene rings is 2. The Kier molecular flexibility index (Phi) is 3.75. The van der Waals surface area contributed by atoms with E-state index in [0.29, 0.717) is 6.54 Å². The van der Waals surface area contributed by atoms with E-state index < -0.39 is 0 Å². The third-order valence-electron chi connectivity index (χ3n) is 3.98. The number of ether oxygens (including phenoxy) is 2. The first-order valence-electron chi connectivity index (χ1n) is 7.29. The average molecular weight is 297 g/mol. The number of hydrogen-bond acceptors (Lipinski definition) is 3. The zero-order chi connectivity index (χ0) is 15.7. The number of amides is 1. The number of fused-ring (bicyclic) bond motifs is 1. The van der Waals surface area contributed by atoms with Crippen LogP contribution in [0.5, 0.6) is 11.5 Å². The Balaban J connectivity index is 1.71. The van der Waals surface area contributed by atoms with E-state index in [2.05, 4.69) is 12.2 Å². The fourth-order valence-corrected chi connectivity index (χ4v) is 2.53. The van der Waals surface area contributed by atoms with Crippen LogP contribution in [-0.4, -0.2) is 12.7 Å². The van der Waals surface area contributed by atoms with Crippen LogP contribution < -0.4 is 14.8 Å². The van der Waals surface area contributed by atoms with Crippen molar-refractivity contribution in [3.63, 3.8) is 0 Å². The monoisotopic (exact) mass is 297 g/mol. The van der Waals surface area contributed by atoms with Crippen molar-refractivity contribution in [2.45, 2.75) is 27.3 Å². The van der Waals surface area contributed by atoms with Crippen molar-refractivity contribution in [2.24, 2.45) is 0 Å². The highest BCUT2D eigenvalue weighted by Crippen LogP contribution is 2.32. The summed E-state index contributed by atoms with van der Waals surface area (Å²) in [4.78, 5) is 12.4. The fraction of sp³-hybridized carbons (Fsp3) is 0.278. The quantitative estimate of drug-likeness (QED) is 0.946. The molecule has 0 aliphatic carbocycles. The van der Waals surface area contributed by atoms with Crippen LogP contribution in [-0.2, 0) is 6.54 Å². The number of aryl methyl sites for hydroxylation is 3. The normalized spacial score (nSPS) is 12.3. The molecule has 0 bridgehead atoms. The number of rotatable bonds is 3. The average Bonchev–Trinajstić information content (AvgIpc) is 2.96. The second-order valence-corrected chi connectivity index (χ2v) is 5.62. The van der Waals surface area contributed by atoms with Gasteiger partial charge in [-0.1, -0.05) is 12.1 Å². The van der Waals surface area contributed by atoms with Gasteiger partial charge in [-0.05, 0) is 61.2 Å². The van der Waals surface area contributed by atoms with Gasteiger partial charge in [-0.3, -0.25) is 4.79 Å². The van der Waals surface area contributed by atoms with Gasteiger partial charge in [0.15, 0.2) is 11.5 Å². The highest BCUT2D eigenvalue weighted by atomic mass is 16.7. The molecule has 22 heavy (non-hydrogen) atoms. The maximum Gasteiger partial charge on any atom is 0.251 e. The smallest absolute Gasteiger partial charge is 0.251 e. The SMILES string of the molecule is Cc1cc(C)c(C(=O)NCc2ccc3c(c2)OCO3)cc1C. The lowest BCUT2D eigenvalue weighted by molar-refractivity contribution is 0.0950. The Hall–Kier alpha value is -2.49.